The summed E-state index contributed by atoms with van der Waals surface area (Å²) in [6, 6.07) is 16.4. The van der Waals surface area contributed by atoms with Crippen molar-refractivity contribution >= 4 is 16.7 Å². The van der Waals surface area contributed by atoms with E-state index in [1.807, 2.05) is 40.3 Å². The van der Waals surface area contributed by atoms with Crippen molar-refractivity contribution in [1.82, 2.24) is 9.13 Å². The van der Waals surface area contributed by atoms with Gasteiger partial charge in [0.05, 0.1) is 49.5 Å². The molecule has 6 heteroatoms. The summed E-state index contributed by atoms with van der Waals surface area (Å²) >= 11 is 0. The van der Waals surface area contributed by atoms with Gasteiger partial charge in [0.2, 0.25) is 0 Å². The molecule has 0 amide bonds. The van der Waals surface area contributed by atoms with Crippen LogP contribution in [0, 0.1) is 0 Å². The third-order valence-electron chi connectivity index (χ3n) is 5.73. The van der Waals surface area contributed by atoms with Crippen molar-refractivity contribution in [2.75, 3.05) is 37.7 Å². The van der Waals surface area contributed by atoms with Crippen LogP contribution in [0.1, 0.15) is 20.3 Å². The number of imidazole rings is 1. The first-order chi connectivity index (χ1) is 14.2. The molecule has 1 aliphatic heterocycles. The number of quaternary nitrogens is 1. The number of benzene rings is 2. The first-order valence-electron chi connectivity index (χ1n) is 10.7. The van der Waals surface area contributed by atoms with Gasteiger partial charge in [0.25, 0.3) is 0 Å². The van der Waals surface area contributed by atoms with Crippen molar-refractivity contribution in [2.24, 2.45) is 0 Å². The van der Waals surface area contributed by atoms with E-state index in [-0.39, 0.29) is 5.69 Å². The van der Waals surface area contributed by atoms with Gasteiger partial charge in [0.1, 0.15) is 5.75 Å². The molecule has 29 heavy (non-hydrogen) atoms. The minimum absolute atomic E-state index is 0.115. The Hall–Kier alpha value is -2.73. The van der Waals surface area contributed by atoms with Crippen LogP contribution < -0.4 is 20.2 Å². The van der Waals surface area contributed by atoms with Gasteiger partial charge in [-0.15, -0.1) is 0 Å². The number of rotatable bonds is 7. The summed E-state index contributed by atoms with van der Waals surface area (Å²) in [6.07, 6.45) is 0.957. The van der Waals surface area contributed by atoms with Gasteiger partial charge in [-0.05, 0) is 37.6 Å². The molecule has 0 saturated carbocycles. The normalized spacial score (nSPS) is 15.2. The molecule has 0 radical (unpaired) electrons. The average Bonchev–Trinajstić information content (AvgIpc) is 3.01. The fraction of sp³-hybridized carbons (Fsp3) is 0.435. The highest BCUT2D eigenvalue weighted by Crippen LogP contribution is 2.27. The zero-order valence-corrected chi connectivity index (χ0v) is 17.4. The Morgan fingerprint density at radius 3 is 2.28 bits per heavy atom. The highest BCUT2D eigenvalue weighted by Gasteiger charge is 2.24. The lowest BCUT2D eigenvalue weighted by Gasteiger charge is -2.34. The van der Waals surface area contributed by atoms with Gasteiger partial charge in [-0.25, -0.2) is 9.36 Å². The van der Waals surface area contributed by atoms with Crippen molar-refractivity contribution in [3.8, 4) is 5.75 Å². The van der Waals surface area contributed by atoms with Crippen LogP contribution in [0.15, 0.2) is 53.3 Å². The van der Waals surface area contributed by atoms with Gasteiger partial charge in [-0.2, -0.15) is 0 Å². The van der Waals surface area contributed by atoms with E-state index in [0.29, 0.717) is 6.61 Å². The maximum absolute atomic E-state index is 13.0. The molecule has 0 bridgehead atoms. The van der Waals surface area contributed by atoms with Crippen molar-refractivity contribution in [1.29, 1.82) is 0 Å². The van der Waals surface area contributed by atoms with Crippen LogP contribution in [0.5, 0.6) is 5.75 Å². The number of ether oxygens (including phenoxy) is 1. The molecule has 0 spiro atoms. The topological polar surface area (TPSA) is 43.8 Å². The number of aryl methyl sites for hydroxylation is 1. The summed E-state index contributed by atoms with van der Waals surface area (Å²) in [5, 5.41) is 0. The Bertz CT molecular complexity index is 1020. The summed E-state index contributed by atoms with van der Waals surface area (Å²) in [5.41, 5.74) is 3.38. The van der Waals surface area contributed by atoms with E-state index in [1.165, 1.54) is 10.6 Å². The standard InChI is InChI=1S/C23H30N4O2/c1-3-13-26-19-9-5-6-10-20(19)27(23(26)28)18-24-14-16-25(17-15-24)21-11-7-8-12-22(21)29-4-2/h5-12H,3-4,13-18H2,1-2H3/p+1. The molecule has 154 valence electrons. The quantitative estimate of drug-likeness (QED) is 0.665. The molecule has 0 aliphatic carbocycles. The number of para-hydroxylation sites is 4. The molecular formula is C23H31N4O2+. The van der Waals surface area contributed by atoms with E-state index >= 15 is 0 Å². The third-order valence-corrected chi connectivity index (χ3v) is 5.73. The van der Waals surface area contributed by atoms with E-state index in [1.54, 1.807) is 0 Å². The van der Waals surface area contributed by atoms with Gasteiger partial charge in [-0.1, -0.05) is 31.2 Å². The lowest BCUT2D eigenvalue weighted by molar-refractivity contribution is -0.923. The minimum atomic E-state index is 0.115. The third kappa shape index (κ3) is 3.90. The summed E-state index contributed by atoms with van der Waals surface area (Å²) in [5.74, 6) is 0.956. The molecule has 2 aromatic carbocycles. The minimum Gasteiger partial charge on any atom is -0.492 e. The van der Waals surface area contributed by atoms with Gasteiger partial charge in [-0.3, -0.25) is 4.57 Å². The van der Waals surface area contributed by atoms with Gasteiger partial charge >= 0.3 is 5.69 Å². The number of fused-ring (bicyclic) bond motifs is 1. The van der Waals surface area contributed by atoms with E-state index in [0.717, 1.165) is 62.6 Å². The second-order valence-electron chi connectivity index (χ2n) is 7.65. The number of piperazine rings is 1. The number of anilines is 1. The number of hydrogen-bond donors (Lipinski definition) is 1. The molecule has 6 nitrogen and oxygen atoms in total. The van der Waals surface area contributed by atoms with E-state index in [9.17, 15) is 4.79 Å². The molecule has 1 aliphatic rings. The van der Waals surface area contributed by atoms with Gasteiger partial charge in [0.15, 0.2) is 6.67 Å². The SMILES string of the molecule is CCCn1c(=O)n(C[NH+]2CCN(c3ccccc3OCC)CC2)c2ccccc21. The largest absolute Gasteiger partial charge is 0.492 e. The zero-order valence-electron chi connectivity index (χ0n) is 17.4. The first-order valence-corrected chi connectivity index (χ1v) is 10.7. The lowest BCUT2D eigenvalue weighted by Crippen LogP contribution is -3.14. The molecular weight excluding hydrogens is 364 g/mol. The molecule has 4 rings (SSSR count). The van der Waals surface area contributed by atoms with Crippen LogP contribution in [-0.4, -0.2) is 41.9 Å². The summed E-state index contributed by atoms with van der Waals surface area (Å²) in [6.45, 7) is 10.2. The second-order valence-corrected chi connectivity index (χ2v) is 7.65. The smallest absolute Gasteiger partial charge is 0.333 e. The Morgan fingerprint density at radius 1 is 0.931 bits per heavy atom. The predicted octanol–water partition coefficient (Wildman–Crippen LogP) is 1.97. The molecule has 2 heterocycles. The predicted molar refractivity (Wildman–Crippen MR) is 117 cm³/mol. The summed E-state index contributed by atoms with van der Waals surface area (Å²) in [4.78, 5) is 16.9. The molecule has 3 aromatic rings. The number of nitrogens with one attached hydrogen (secondary N) is 1. The van der Waals surface area contributed by atoms with E-state index in [2.05, 4.69) is 36.1 Å². The molecule has 1 N–H and O–H groups in total. The molecule has 1 fully saturated rings. The lowest BCUT2D eigenvalue weighted by atomic mass is 10.2. The van der Waals surface area contributed by atoms with Crippen LogP contribution in [0.2, 0.25) is 0 Å². The van der Waals surface area contributed by atoms with Crippen LogP contribution in [-0.2, 0) is 13.2 Å². The number of aromatic nitrogens is 2. The maximum Gasteiger partial charge on any atom is 0.333 e. The highest BCUT2D eigenvalue weighted by molar-refractivity contribution is 5.75. The maximum atomic E-state index is 13.0. The molecule has 0 atom stereocenters. The number of nitrogens with zero attached hydrogens (tertiary/aromatic N) is 3. The fourth-order valence-electron chi connectivity index (χ4n) is 4.31. The van der Waals surface area contributed by atoms with Crippen molar-refractivity contribution in [2.45, 2.75) is 33.5 Å². The average molecular weight is 396 g/mol. The summed E-state index contributed by atoms with van der Waals surface area (Å²) < 4.78 is 9.69. The number of hydrogen-bond acceptors (Lipinski definition) is 3. The van der Waals surface area contributed by atoms with E-state index in [4.69, 9.17) is 4.74 Å². The van der Waals surface area contributed by atoms with Crippen LogP contribution in [0.25, 0.3) is 11.0 Å². The van der Waals surface area contributed by atoms with Crippen LogP contribution in [0.3, 0.4) is 0 Å². The Morgan fingerprint density at radius 2 is 1.59 bits per heavy atom. The fourth-order valence-corrected chi connectivity index (χ4v) is 4.31. The Balaban J connectivity index is 1.50. The molecule has 1 saturated heterocycles. The van der Waals surface area contributed by atoms with Crippen molar-refractivity contribution in [3.05, 3.63) is 59.0 Å². The Labute approximate surface area is 171 Å². The zero-order chi connectivity index (χ0) is 20.2. The molecule has 0 unspecified atom stereocenters. The monoisotopic (exact) mass is 395 g/mol. The van der Waals surface area contributed by atoms with Crippen molar-refractivity contribution in [3.63, 3.8) is 0 Å². The first kappa shape index (κ1) is 19.6. The summed E-state index contributed by atoms with van der Waals surface area (Å²) in [7, 11) is 0. The second kappa shape index (κ2) is 8.74. The Kier molecular flexibility index (Phi) is 5.90. The van der Waals surface area contributed by atoms with Crippen molar-refractivity contribution < 1.29 is 9.64 Å². The van der Waals surface area contributed by atoms with Crippen LogP contribution >= 0.6 is 0 Å². The van der Waals surface area contributed by atoms with Crippen LogP contribution in [0.4, 0.5) is 5.69 Å². The molecule has 1 aromatic heterocycles. The highest BCUT2D eigenvalue weighted by atomic mass is 16.5. The van der Waals surface area contributed by atoms with E-state index < -0.39 is 0 Å². The van der Waals surface area contributed by atoms with Gasteiger partial charge < -0.3 is 14.5 Å². The van der Waals surface area contributed by atoms with Gasteiger partial charge in [0, 0.05) is 6.54 Å².